The molecule has 0 radical (unpaired) electrons. The van der Waals surface area contributed by atoms with Crippen LogP contribution in [0.25, 0.3) is 22.4 Å². The molecular weight excluding hydrogens is 945 g/mol. The Hall–Kier alpha value is -6.63. The summed E-state index contributed by atoms with van der Waals surface area (Å²) in [6.45, 7) is 0.503. The van der Waals surface area contributed by atoms with E-state index in [1.165, 1.54) is 29.8 Å². The van der Waals surface area contributed by atoms with Crippen LogP contribution in [0.4, 0.5) is 37.8 Å². The fourth-order valence-electron chi connectivity index (χ4n) is 9.70. The van der Waals surface area contributed by atoms with Gasteiger partial charge in [-0.25, -0.2) is 32.5 Å². The van der Waals surface area contributed by atoms with E-state index in [1.54, 1.807) is 27.7 Å². The van der Waals surface area contributed by atoms with E-state index in [9.17, 15) is 41.4 Å². The number of nitrogens with zero attached hydrogens (tertiary/aromatic N) is 8. The van der Waals surface area contributed by atoms with Gasteiger partial charge in [-0.05, 0) is 73.6 Å². The van der Waals surface area contributed by atoms with Crippen LogP contribution in [-0.2, 0) is 27.4 Å². The highest BCUT2D eigenvalue weighted by atomic mass is 19.3. The van der Waals surface area contributed by atoms with Crippen LogP contribution >= 0.6 is 0 Å². The van der Waals surface area contributed by atoms with Crippen LogP contribution < -0.4 is 30.7 Å². The van der Waals surface area contributed by atoms with E-state index < -0.39 is 54.0 Å². The maximum atomic E-state index is 15.4. The second kappa shape index (κ2) is 21.0. The van der Waals surface area contributed by atoms with E-state index in [2.05, 4.69) is 40.2 Å². The predicted octanol–water partition coefficient (Wildman–Crippen LogP) is 4.47. The van der Waals surface area contributed by atoms with E-state index in [-0.39, 0.29) is 68.0 Å². The third-order valence-electron chi connectivity index (χ3n) is 13.4. The van der Waals surface area contributed by atoms with Gasteiger partial charge < -0.3 is 49.6 Å². The monoisotopic (exact) mass is 995 g/mol. The van der Waals surface area contributed by atoms with Crippen molar-refractivity contribution < 1.29 is 60.0 Å². The molecule has 3 amide bonds. The van der Waals surface area contributed by atoms with Crippen LogP contribution in [0.2, 0.25) is 0 Å². The maximum Gasteiger partial charge on any atom is 0.387 e. The normalized spacial score (nSPS) is 20.5. The molecule has 3 atom stereocenters. The number of ether oxygens (including phenoxy) is 3. The Morgan fingerprint density at radius 1 is 0.930 bits per heavy atom. The molecule has 0 aliphatic carbocycles. The van der Waals surface area contributed by atoms with Crippen LogP contribution in [0.15, 0.2) is 55.2 Å². The summed E-state index contributed by atoms with van der Waals surface area (Å²) < 4.78 is 101. The minimum Gasteiger partial charge on any atom is -0.491 e. The number of imide groups is 1. The van der Waals surface area contributed by atoms with Gasteiger partial charge in [-0.3, -0.25) is 24.7 Å². The molecular formula is C47H51F6N11O7. The second-order valence-electron chi connectivity index (χ2n) is 18.1. The Morgan fingerprint density at radius 2 is 1.75 bits per heavy atom. The number of benzene rings is 2. The number of aliphatic hydroxyl groups excluding tert-OH is 1. The van der Waals surface area contributed by atoms with Crippen molar-refractivity contribution in [1.82, 2.24) is 39.6 Å². The van der Waals surface area contributed by atoms with Crippen LogP contribution in [0.3, 0.4) is 0 Å². The molecule has 0 saturated carbocycles. The Kier molecular flexibility index (Phi) is 14.6. The first-order valence-corrected chi connectivity index (χ1v) is 23.2. The van der Waals surface area contributed by atoms with E-state index in [0.29, 0.717) is 91.0 Å². The van der Waals surface area contributed by atoms with Crippen molar-refractivity contribution in [3.8, 4) is 22.8 Å². The Balaban J connectivity index is 0.797. The molecule has 7 heterocycles. The lowest BCUT2D eigenvalue weighted by Crippen LogP contribution is -2.63. The summed E-state index contributed by atoms with van der Waals surface area (Å²) in [4.78, 5) is 60.4. The number of anilines is 2. The highest BCUT2D eigenvalue weighted by molar-refractivity contribution is 6.05. The second-order valence-corrected chi connectivity index (χ2v) is 18.1. The smallest absolute Gasteiger partial charge is 0.387 e. The van der Waals surface area contributed by atoms with Gasteiger partial charge in [0.2, 0.25) is 11.8 Å². The van der Waals surface area contributed by atoms with Crippen molar-refractivity contribution in [3.05, 3.63) is 83.6 Å². The first-order chi connectivity index (χ1) is 34.1. The molecule has 0 spiro atoms. The maximum absolute atomic E-state index is 15.4. The number of amides is 3. The molecule has 71 heavy (non-hydrogen) atoms. The first kappa shape index (κ1) is 49.4. The summed E-state index contributed by atoms with van der Waals surface area (Å²) in [6.07, 6.45) is 1.63. The van der Waals surface area contributed by atoms with Gasteiger partial charge in [0.05, 0.1) is 49.2 Å². The number of fused-ring (bicyclic) bond motifs is 2. The Morgan fingerprint density at radius 3 is 2.52 bits per heavy atom. The number of aromatic nitrogens is 5. The number of pyridine rings is 1. The van der Waals surface area contributed by atoms with Gasteiger partial charge in [-0.1, -0.05) is 0 Å². The number of piperidine rings is 3. The van der Waals surface area contributed by atoms with Gasteiger partial charge in [-0.15, -0.1) is 0 Å². The molecule has 2 aromatic carbocycles. The predicted molar refractivity (Wildman–Crippen MR) is 243 cm³/mol. The molecule has 0 bridgehead atoms. The zero-order chi connectivity index (χ0) is 50.0. The summed E-state index contributed by atoms with van der Waals surface area (Å²) in [5.41, 5.74) is 7.32. The van der Waals surface area contributed by atoms with Crippen molar-refractivity contribution in [2.75, 3.05) is 62.8 Å². The molecule has 5 N–H and O–H groups in total. The zero-order valence-electron chi connectivity index (χ0n) is 38.2. The van der Waals surface area contributed by atoms with Gasteiger partial charge in [-0.2, -0.15) is 8.78 Å². The molecule has 378 valence electrons. The highest BCUT2D eigenvalue weighted by Gasteiger charge is 2.44. The van der Waals surface area contributed by atoms with Gasteiger partial charge >= 0.3 is 6.61 Å². The number of rotatable bonds is 18. The molecule has 3 fully saturated rings. The molecule has 24 heteroatoms. The number of likely N-dealkylation sites (tertiary alicyclic amines) is 1. The molecule has 4 aliphatic heterocycles. The fourth-order valence-corrected chi connectivity index (χ4v) is 9.70. The lowest BCUT2D eigenvalue weighted by atomic mass is 9.84. The summed E-state index contributed by atoms with van der Waals surface area (Å²) >= 11 is 0. The summed E-state index contributed by atoms with van der Waals surface area (Å²) in [7, 11) is 0. The number of aliphatic hydroxyl groups is 1. The number of halogens is 6. The van der Waals surface area contributed by atoms with E-state index in [1.807, 2.05) is 0 Å². The van der Waals surface area contributed by atoms with Gasteiger partial charge in [0, 0.05) is 68.9 Å². The number of hydrogen-bond acceptors (Lipinski definition) is 15. The molecule has 5 aromatic rings. The third-order valence-corrected chi connectivity index (χ3v) is 13.4. The number of carbonyl (C=O) groups excluding carboxylic acids is 3. The Labute approximate surface area is 402 Å². The average molecular weight is 996 g/mol. The summed E-state index contributed by atoms with van der Waals surface area (Å²) in [6, 6.07) is 7.24. The van der Waals surface area contributed by atoms with E-state index >= 15 is 4.39 Å². The molecule has 1 unspecified atom stereocenters. The van der Waals surface area contributed by atoms with Crippen molar-refractivity contribution in [1.29, 1.82) is 0 Å². The number of nitrogens with two attached hydrogens (primary N) is 1. The van der Waals surface area contributed by atoms with E-state index in [4.69, 9.17) is 15.2 Å². The molecule has 3 aromatic heterocycles. The van der Waals surface area contributed by atoms with E-state index in [0.717, 1.165) is 31.5 Å². The average Bonchev–Trinajstić information content (AvgIpc) is 3.91. The molecule has 3 saturated heterocycles. The topological polar surface area (TPSA) is 215 Å². The van der Waals surface area contributed by atoms with Crippen molar-refractivity contribution in [2.24, 2.45) is 5.73 Å². The first-order valence-electron chi connectivity index (χ1n) is 23.2. The highest BCUT2D eigenvalue weighted by Crippen LogP contribution is 2.36. The summed E-state index contributed by atoms with van der Waals surface area (Å²) in [5, 5.41) is 16.2. The quantitative estimate of drug-likeness (QED) is 0.0542. The number of alkyl halides is 4. The number of imidazole rings is 1. The number of hydrogen-bond donors (Lipinski definition) is 4. The van der Waals surface area contributed by atoms with Crippen molar-refractivity contribution in [3.63, 3.8) is 0 Å². The van der Waals surface area contributed by atoms with Gasteiger partial charge in [0.25, 0.3) is 12.3 Å². The minimum absolute atomic E-state index is 0.0236. The number of nitrogens with one attached hydrogen (secondary N) is 2. The minimum atomic E-state index is -3.39. The van der Waals surface area contributed by atoms with Crippen molar-refractivity contribution in [2.45, 2.75) is 88.4 Å². The van der Waals surface area contributed by atoms with Crippen LogP contribution in [0.1, 0.15) is 60.0 Å². The van der Waals surface area contributed by atoms with Gasteiger partial charge in [0.1, 0.15) is 42.2 Å². The molecule has 4 aliphatic rings. The zero-order valence-corrected chi connectivity index (χ0v) is 38.2. The Bertz CT molecular complexity index is 2780. The van der Waals surface area contributed by atoms with Crippen LogP contribution in [-0.4, -0.2) is 146 Å². The lowest BCUT2D eigenvalue weighted by Gasteiger charge is -2.44. The molecule has 9 rings (SSSR count). The SMILES string of the molecule is N[C@]1([C@@H](O)C(F)F)CCCN(c2cnc(-c3cc(F)c(OC(F)F)cc3F)cc2Cn2cnc3c(NC4CCN(CCOCCOc5ccc6c(c5)CN(C5CCC(=O)NC5=O)C6=O)CC4)ncnc32)C1. The van der Waals surface area contributed by atoms with Crippen LogP contribution in [0.5, 0.6) is 11.5 Å². The van der Waals surface area contributed by atoms with Gasteiger partial charge in [0.15, 0.2) is 23.0 Å². The fraction of sp³-hybridized carbons (Fsp3) is 0.468. The third kappa shape index (κ3) is 10.8. The number of carbonyl (C=O) groups is 3. The molecule has 18 nitrogen and oxygen atoms in total. The largest absolute Gasteiger partial charge is 0.491 e. The standard InChI is InChI=1S/C47H51F6N11O7/c48-32-19-37(71-46(52)53)33(49)18-31(32)34-17-27(36(20-55-34)62-9-1-8-47(54,23-62)40(66)41(50)51)21-63-25-58-39-42(56-24-57-43(39)63)59-28-6-10-61(11-7-28)12-13-69-14-15-70-29-2-3-30-26(16-29)22-64(45(30)68)35-4-5-38(65)60-44(35)67/h2-3,16-20,24-25,28,35,40-41,46,66H,1,4-15,21-23,54H2,(H,56,57,59)(H,60,65,67)/t35?,40-,47+/m0/s1. The lowest BCUT2D eigenvalue weighted by molar-refractivity contribution is -0.136. The summed E-state index contributed by atoms with van der Waals surface area (Å²) in [5.74, 6) is -3.27. The van der Waals surface area contributed by atoms with Crippen LogP contribution in [0, 0.1) is 11.6 Å². The van der Waals surface area contributed by atoms with Crippen molar-refractivity contribution >= 4 is 40.4 Å².